The Labute approximate surface area is 56.6 Å². The van der Waals surface area contributed by atoms with Crippen molar-refractivity contribution in [2.45, 2.75) is 20.8 Å². The predicted molar refractivity (Wildman–Crippen MR) is 42.0 cm³/mol. The summed E-state index contributed by atoms with van der Waals surface area (Å²) in [6, 6.07) is 0. The first-order valence-corrected chi connectivity index (χ1v) is 3.06. The molecule has 0 bridgehead atoms. The number of allylic oxidation sites excluding steroid dienone is 4. The average Bonchev–Trinajstić information content (AvgIpc) is 1.90. The molecule has 0 saturated carbocycles. The zero-order valence-corrected chi connectivity index (χ0v) is 6.23. The second kappa shape index (κ2) is 4.07. The lowest BCUT2D eigenvalue weighted by molar-refractivity contribution is 1.40. The summed E-state index contributed by atoms with van der Waals surface area (Å²) in [5, 5.41) is 6.96. The van der Waals surface area contributed by atoms with E-state index in [2.05, 4.69) is 0 Å². The minimum absolute atomic E-state index is 0.998. The van der Waals surface area contributed by atoms with Crippen molar-refractivity contribution in [3.8, 4) is 0 Å². The van der Waals surface area contributed by atoms with Gasteiger partial charge in [-0.2, -0.15) is 0 Å². The van der Waals surface area contributed by atoms with Crippen molar-refractivity contribution in [3.63, 3.8) is 0 Å². The SMILES string of the molecule is C/C=C(C=N)/C(C)=C/C. The number of rotatable bonds is 2. The predicted octanol–water partition coefficient (Wildman–Crippen LogP) is 2.55. The zero-order valence-electron chi connectivity index (χ0n) is 6.23. The monoisotopic (exact) mass is 123 g/mol. The summed E-state index contributed by atoms with van der Waals surface area (Å²) in [5.74, 6) is 0. The van der Waals surface area contributed by atoms with Crippen molar-refractivity contribution in [1.82, 2.24) is 0 Å². The molecule has 0 aliphatic carbocycles. The van der Waals surface area contributed by atoms with Gasteiger partial charge in [-0.25, -0.2) is 0 Å². The van der Waals surface area contributed by atoms with Crippen molar-refractivity contribution < 1.29 is 0 Å². The van der Waals surface area contributed by atoms with E-state index < -0.39 is 0 Å². The smallest absolute Gasteiger partial charge is 0.0249 e. The molecule has 9 heavy (non-hydrogen) atoms. The largest absolute Gasteiger partial charge is 0.308 e. The van der Waals surface area contributed by atoms with E-state index in [9.17, 15) is 0 Å². The van der Waals surface area contributed by atoms with E-state index in [0.717, 1.165) is 11.1 Å². The van der Waals surface area contributed by atoms with Crippen LogP contribution in [0.2, 0.25) is 0 Å². The quantitative estimate of drug-likeness (QED) is 0.431. The molecule has 0 aromatic rings. The number of nitrogens with one attached hydrogen (secondary N) is 1. The third-order valence-electron chi connectivity index (χ3n) is 1.35. The minimum Gasteiger partial charge on any atom is -0.308 e. The summed E-state index contributed by atoms with van der Waals surface area (Å²) in [4.78, 5) is 0. The average molecular weight is 123 g/mol. The molecular weight excluding hydrogens is 110 g/mol. The van der Waals surface area contributed by atoms with Crippen LogP contribution in [0.1, 0.15) is 20.8 Å². The second-order valence-corrected chi connectivity index (χ2v) is 1.86. The Hall–Kier alpha value is -0.850. The van der Waals surface area contributed by atoms with Crippen LogP contribution >= 0.6 is 0 Å². The van der Waals surface area contributed by atoms with E-state index in [4.69, 9.17) is 5.41 Å². The van der Waals surface area contributed by atoms with E-state index >= 15 is 0 Å². The van der Waals surface area contributed by atoms with Crippen molar-refractivity contribution in [2.24, 2.45) is 0 Å². The molecule has 0 atom stereocenters. The fourth-order valence-electron chi connectivity index (χ4n) is 0.592. The van der Waals surface area contributed by atoms with E-state index in [1.165, 1.54) is 6.21 Å². The highest BCUT2D eigenvalue weighted by Crippen LogP contribution is 2.04. The van der Waals surface area contributed by atoms with Crippen LogP contribution in [0.4, 0.5) is 0 Å². The van der Waals surface area contributed by atoms with Crippen LogP contribution in [-0.2, 0) is 0 Å². The second-order valence-electron chi connectivity index (χ2n) is 1.86. The maximum Gasteiger partial charge on any atom is 0.0249 e. The van der Waals surface area contributed by atoms with Crippen LogP contribution in [0.3, 0.4) is 0 Å². The van der Waals surface area contributed by atoms with Gasteiger partial charge in [0.05, 0.1) is 0 Å². The van der Waals surface area contributed by atoms with E-state index in [1.54, 1.807) is 0 Å². The maximum absolute atomic E-state index is 6.96. The van der Waals surface area contributed by atoms with Gasteiger partial charge >= 0.3 is 0 Å². The first-order chi connectivity index (χ1) is 4.26. The molecule has 1 N–H and O–H groups in total. The highest BCUT2D eigenvalue weighted by atomic mass is 14.3. The molecule has 0 aromatic heterocycles. The Morgan fingerprint density at radius 1 is 1.22 bits per heavy atom. The molecule has 0 rings (SSSR count). The summed E-state index contributed by atoms with van der Waals surface area (Å²) >= 11 is 0. The van der Waals surface area contributed by atoms with Gasteiger partial charge < -0.3 is 5.41 Å². The normalized spacial score (nSPS) is 13.7. The molecule has 0 fully saturated rings. The van der Waals surface area contributed by atoms with Crippen LogP contribution < -0.4 is 0 Å². The Bertz CT molecular complexity index is 152. The van der Waals surface area contributed by atoms with Gasteiger partial charge in [0.1, 0.15) is 0 Å². The molecule has 0 heterocycles. The molecule has 0 radical (unpaired) electrons. The van der Waals surface area contributed by atoms with Crippen LogP contribution in [0.15, 0.2) is 23.3 Å². The molecule has 0 amide bonds. The zero-order chi connectivity index (χ0) is 7.28. The van der Waals surface area contributed by atoms with E-state index in [-0.39, 0.29) is 0 Å². The van der Waals surface area contributed by atoms with Gasteiger partial charge in [0.25, 0.3) is 0 Å². The summed E-state index contributed by atoms with van der Waals surface area (Å²) in [6.45, 7) is 5.91. The van der Waals surface area contributed by atoms with Crippen molar-refractivity contribution in [3.05, 3.63) is 23.3 Å². The molecule has 0 spiro atoms. The molecule has 0 saturated heterocycles. The third kappa shape index (κ3) is 2.27. The summed E-state index contributed by atoms with van der Waals surface area (Å²) in [7, 11) is 0. The number of hydrogen-bond acceptors (Lipinski definition) is 1. The first kappa shape index (κ1) is 8.15. The minimum atomic E-state index is 0.998. The summed E-state index contributed by atoms with van der Waals surface area (Å²) < 4.78 is 0. The van der Waals surface area contributed by atoms with Crippen LogP contribution in [0.25, 0.3) is 0 Å². The lowest BCUT2D eigenvalue weighted by Crippen LogP contribution is -1.83. The molecule has 50 valence electrons. The topological polar surface area (TPSA) is 23.9 Å². The lowest BCUT2D eigenvalue weighted by atomic mass is 10.1. The summed E-state index contributed by atoms with van der Waals surface area (Å²) in [5.41, 5.74) is 2.16. The highest BCUT2D eigenvalue weighted by Gasteiger charge is 1.89. The molecular formula is C8H13N. The van der Waals surface area contributed by atoms with Crippen molar-refractivity contribution in [1.29, 1.82) is 5.41 Å². The Morgan fingerprint density at radius 2 is 1.78 bits per heavy atom. The molecule has 1 nitrogen and oxygen atoms in total. The van der Waals surface area contributed by atoms with Gasteiger partial charge in [-0.05, 0) is 31.9 Å². The van der Waals surface area contributed by atoms with Gasteiger partial charge in [0.15, 0.2) is 0 Å². The highest BCUT2D eigenvalue weighted by molar-refractivity contribution is 5.81. The summed E-state index contributed by atoms with van der Waals surface area (Å²) in [6.07, 6.45) is 5.30. The van der Waals surface area contributed by atoms with E-state index in [1.807, 2.05) is 32.9 Å². The van der Waals surface area contributed by atoms with Gasteiger partial charge in [0, 0.05) is 6.21 Å². The van der Waals surface area contributed by atoms with Gasteiger partial charge in [0.2, 0.25) is 0 Å². The lowest BCUT2D eigenvalue weighted by Gasteiger charge is -1.96. The fraction of sp³-hybridized carbons (Fsp3) is 0.375. The molecule has 0 aromatic carbocycles. The van der Waals surface area contributed by atoms with Crippen molar-refractivity contribution in [2.75, 3.05) is 0 Å². The maximum atomic E-state index is 6.96. The van der Waals surface area contributed by atoms with Crippen molar-refractivity contribution >= 4 is 6.21 Å². The first-order valence-electron chi connectivity index (χ1n) is 3.06. The fourth-order valence-corrected chi connectivity index (χ4v) is 0.592. The Kier molecular flexibility index (Phi) is 3.69. The number of hydrogen-bond donors (Lipinski definition) is 1. The Balaban J connectivity index is 4.32. The van der Waals surface area contributed by atoms with Gasteiger partial charge in [-0.1, -0.05) is 12.2 Å². The molecule has 0 unspecified atom stereocenters. The van der Waals surface area contributed by atoms with Gasteiger partial charge in [-0.15, -0.1) is 0 Å². The molecule has 1 heteroatoms. The third-order valence-corrected chi connectivity index (χ3v) is 1.35. The van der Waals surface area contributed by atoms with Crippen LogP contribution in [-0.4, -0.2) is 6.21 Å². The van der Waals surface area contributed by atoms with E-state index in [0.29, 0.717) is 0 Å². The van der Waals surface area contributed by atoms with Crippen LogP contribution in [0, 0.1) is 5.41 Å². The standard InChI is InChI=1S/C8H13N/c1-4-7(3)8(5-2)6-9/h4-6,9H,1-3H3/b7-4+,8-5+,9-6?. The molecule has 0 aliphatic rings. The van der Waals surface area contributed by atoms with Gasteiger partial charge in [-0.3, -0.25) is 0 Å². The Morgan fingerprint density at radius 3 is 1.89 bits per heavy atom. The molecule has 0 aliphatic heterocycles. The van der Waals surface area contributed by atoms with Crippen LogP contribution in [0.5, 0.6) is 0 Å².